The molecule has 3 aliphatic rings. The molecule has 13 heavy (non-hydrogen) atoms. The number of ether oxygens (including phenoxy) is 4. The minimum atomic E-state index is -0.580. The van der Waals surface area contributed by atoms with Crippen LogP contribution in [0.4, 0.5) is 0 Å². The molecule has 3 aliphatic heterocycles. The Hall–Kier alpha value is -0.160. The predicted octanol–water partition coefficient (Wildman–Crippen LogP) is 0.652. The van der Waals surface area contributed by atoms with Gasteiger partial charge in [-0.2, -0.15) is 0 Å². The fraction of sp³-hybridized carbons (Fsp3) is 1.00. The summed E-state index contributed by atoms with van der Waals surface area (Å²) in [7, 11) is 0. The maximum atomic E-state index is 5.74. The highest BCUT2D eigenvalue weighted by Crippen LogP contribution is 2.48. The fourth-order valence-electron chi connectivity index (χ4n) is 2.39. The van der Waals surface area contributed by atoms with Crippen molar-refractivity contribution in [2.24, 2.45) is 0 Å². The molecular formula is C9H14O4. The third-order valence-corrected chi connectivity index (χ3v) is 2.93. The van der Waals surface area contributed by atoms with Gasteiger partial charge in [0, 0.05) is 0 Å². The van der Waals surface area contributed by atoms with Crippen molar-refractivity contribution < 1.29 is 18.9 Å². The highest BCUT2D eigenvalue weighted by atomic mass is 16.8. The molecule has 0 spiro atoms. The maximum absolute atomic E-state index is 5.74. The Balaban J connectivity index is 1.93. The van der Waals surface area contributed by atoms with Crippen molar-refractivity contribution in [3.05, 3.63) is 0 Å². The molecule has 0 saturated carbocycles. The van der Waals surface area contributed by atoms with E-state index in [0.717, 1.165) is 0 Å². The zero-order valence-corrected chi connectivity index (χ0v) is 8.07. The lowest BCUT2D eigenvalue weighted by molar-refractivity contribution is -0.232. The van der Waals surface area contributed by atoms with Crippen LogP contribution in [0.5, 0.6) is 0 Å². The first kappa shape index (κ1) is 8.17. The average Bonchev–Trinajstić information content (AvgIpc) is 2.56. The third-order valence-electron chi connectivity index (χ3n) is 2.93. The topological polar surface area (TPSA) is 36.9 Å². The molecule has 0 aliphatic carbocycles. The first-order chi connectivity index (χ1) is 6.00. The van der Waals surface area contributed by atoms with Crippen LogP contribution in [0.25, 0.3) is 0 Å². The highest BCUT2D eigenvalue weighted by molar-refractivity contribution is 5.04. The molecule has 0 aromatic heterocycles. The largest absolute Gasteiger partial charge is 0.345 e. The van der Waals surface area contributed by atoms with Gasteiger partial charge in [-0.25, -0.2) is 0 Å². The van der Waals surface area contributed by atoms with Crippen molar-refractivity contribution in [1.82, 2.24) is 0 Å². The van der Waals surface area contributed by atoms with Crippen LogP contribution in [0, 0.1) is 0 Å². The van der Waals surface area contributed by atoms with Crippen LogP contribution in [0.2, 0.25) is 0 Å². The summed E-state index contributed by atoms with van der Waals surface area (Å²) in [5.41, 5.74) is 0. The van der Waals surface area contributed by atoms with E-state index in [0.29, 0.717) is 6.61 Å². The Morgan fingerprint density at radius 1 is 1.08 bits per heavy atom. The van der Waals surface area contributed by atoms with E-state index in [9.17, 15) is 0 Å². The van der Waals surface area contributed by atoms with Crippen LogP contribution in [0.15, 0.2) is 0 Å². The molecule has 4 heteroatoms. The second kappa shape index (κ2) is 2.08. The Labute approximate surface area is 77.1 Å². The molecule has 3 saturated heterocycles. The monoisotopic (exact) mass is 186 g/mol. The summed E-state index contributed by atoms with van der Waals surface area (Å²) in [5, 5.41) is 0. The van der Waals surface area contributed by atoms with Gasteiger partial charge in [-0.3, -0.25) is 0 Å². The lowest BCUT2D eigenvalue weighted by atomic mass is 10.0. The molecule has 0 unspecified atom stereocenters. The van der Waals surface area contributed by atoms with E-state index >= 15 is 0 Å². The van der Waals surface area contributed by atoms with E-state index in [1.165, 1.54) is 0 Å². The SMILES string of the molecule is CC1(C)O[C@@H]2[C@@H](O1)[C@]1(C)OC[C@H]2O1. The number of hydrogen-bond acceptors (Lipinski definition) is 4. The van der Waals surface area contributed by atoms with Gasteiger partial charge in [0.1, 0.15) is 18.3 Å². The Morgan fingerprint density at radius 2 is 1.85 bits per heavy atom. The first-order valence-electron chi connectivity index (χ1n) is 4.68. The summed E-state index contributed by atoms with van der Waals surface area (Å²) in [5.74, 6) is -1.07. The van der Waals surface area contributed by atoms with E-state index in [1.54, 1.807) is 0 Å². The van der Waals surface area contributed by atoms with E-state index in [-0.39, 0.29) is 18.3 Å². The van der Waals surface area contributed by atoms with E-state index in [4.69, 9.17) is 18.9 Å². The van der Waals surface area contributed by atoms with Crippen LogP contribution in [0.1, 0.15) is 20.8 Å². The lowest BCUT2D eigenvalue weighted by Gasteiger charge is -2.27. The Kier molecular flexibility index (Phi) is 1.31. The summed E-state index contributed by atoms with van der Waals surface area (Å²) in [6, 6.07) is 0. The molecule has 4 nitrogen and oxygen atoms in total. The molecule has 3 heterocycles. The van der Waals surface area contributed by atoms with Gasteiger partial charge in [0.25, 0.3) is 0 Å². The predicted molar refractivity (Wildman–Crippen MR) is 43.1 cm³/mol. The second-order valence-electron chi connectivity index (χ2n) is 4.50. The van der Waals surface area contributed by atoms with Gasteiger partial charge in [-0.05, 0) is 20.8 Å². The molecule has 0 aromatic rings. The quantitative estimate of drug-likeness (QED) is 0.556. The van der Waals surface area contributed by atoms with Crippen LogP contribution in [-0.2, 0) is 18.9 Å². The van der Waals surface area contributed by atoms with Gasteiger partial charge < -0.3 is 18.9 Å². The molecule has 0 amide bonds. The van der Waals surface area contributed by atoms with Crippen LogP contribution < -0.4 is 0 Å². The summed E-state index contributed by atoms with van der Waals surface area (Å²) >= 11 is 0. The summed E-state index contributed by atoms with van der Waals surface area (Å²) in [6.07, 6.45) is 0.0341. The standard InChI is InChI=1S/C9H14O4/c1-8(2)12-6-5-4-10-9(3,11-5)7(6)13-8/h5-7H,4H2,1-3H3/t5-,6+,7-,9-/m1/s1. The van der Waals surface area contributed by atoms with Crippen LogP contribution in [0.3, 0.4) is 0 Å². The number of hydrogen-bond donors (Lipinski definition) is 0. The average molecular weight is 186 g/mol. The van der Waals surface area contributed by atoms with E-state index < -0.39 is 11.6 Å². The molecule has 3 fully saturated rings. The number of rotatable bonds is 0. The van der Waals surface area contributed by atoms with Crippen molar-refractivity contribution >= 4 is 0 Å². The Bertz CT molecular complexity index is 252. The van der Waals surface area contributed by atoms with Gasteiger partial charge in [0.05, 0.1) is 6.61 Å². The molecule has 4 atom stereocenters. The fourth-order valence-corrected chi connectivity index (χ4v) is 2.39. The van der Waals surface area contributed by atoms with Gasteiger partial charge >= 0.3 is 0 Å². The number of fused-ring (bicyclic) bond motifs is 5. The zero-order valence-electron chi connectivity index (χ0n) is 8.07. The minimum Gasteiger partial charge on any atom is -0.345 e. The maximum Gasteiger partial charge on any atom is 0.195 e. The van der Waals surface area contributed by atoms with Gasteiger partial charge in [-0.15, -0.1) is 0 Å². The minimum absolute atomic E-state index is 0.0498. The van der Waals surface area contributed by atoms with Crippen molar-refractivity contribution in [3.8, 4) is 0 Å². The molecule has 0 radical (unpaired) electrons. The molecule has 0 N–H and O–H groups in total. The normalized spacial score (nSPS) is 57.0. The molecule has 3 rings (SSSR count). The smallest absolute Gasteiger partial charge is 0.195 e. The van der Waals surface area contributed by atoms with Gasteiger partial charge in [0.2, 0.25) is 0 Å². The van der Waals surface area contributed by atoms with Crippen molar-refractivity contribution in [2.75, 3.05) is 6.61 Å². The van der Waals surface area contributed by atoms with Gasteiger partial charge in [-0.1, -0.05) is 0 Å². The van der Waals surface area contributed by atoms with E-state index in [1.807, 2.05) is 20.8 Å². The zero-order chi connectivity index (χ0) is 9.27. The third kappa shape index (κ3) is 0.944. The molecule has 2 bridgehead atoms. The lowest BCUT2D eigenvalue weighted by Crippen LogP contribution is -2.45. The molecule has 0 aromatic carbocycles. The summed E-state index contributed by atoms with van der Waals surface area (Å²) in [4.78, 5) is 0. The van der Waals surface area contributed by atoms with Crippen molar-refractivity contribution in [3.63, 3.8) is 0 Å². The first-order valence-corrected chi connectivity index (χ1v) is 4.68. The highest BCUT2D eigenvalue weighted by Gasteiger charge is 2.65. The van der Waals surface area contributed by atoms with Crippen LogP contribution in [-0.4, -0.2) is 36.5 Å². The van der Waals surface area contributed by atoms with Crippen molar-refractivity contribution in [2.45, 2.75) is 50.7 Å². The van der Waals surface area contributed by atoms with Crippen molar-refractivity contribution in [1.29, 1.82) is 0 Å². The summed E-state index contributed by atoms with van der Waals surface area (Å²) in [6.45, 7) is 6.39. The molecule has 74 valence electrons. The Morgan fingerprint density at radius 3 is 2.54 bits per heavy atom. The molecular weight excluding hydrogens is 172 g/mol. The second-order valence-corrected chi connectivity index (χ2v) is 4.50. The van der Waals surface area contributed by atoms with Crippen LogP contribution >= 0.6 is 0 Å². The van der Waals surface area contributed by atoms with E-state index in [2.05, 4.69) is 0 Å². The summed E-state index contributed by atoms with van der Waals surface area (Å²) < 4.78 is 22.6. The van der Waals surface area contributed by atoms with Gasteiger partial charge in [0.15, 0.2) is 11.6 Å².